The average molecular weight is 1420 g/mol. The summed E-state index contributed by atoms with van der Waals surface area (Å²) in [7, 11) is 0. The standard InChI is InChI=1S/C96H94N12/c1-17-71-79(45-21-59-51-97-55-101-89(59)71)105(67-33-25-63(26-34-67)93(5,6)7)83-49-84(106(68-35-27-64(28-36-68)94(8,9)10)80-46-22-60-52-98-56-102-90(60)72(80)18-2)76-43-44-78-86(108(70-39-31-66(32-40-70)96(14,15)16)82-48-24-62-54-100-58-104-92(62)74(82)20-4)50-85(77-42-41-75(83)87(76)88(77)78)107(69-37-29-65(30-38-69)95(11,12)13)81-47-23-61-53-99-57-103-91(61)73(81)19-3/h21-58H,17-20H2,1-16H3. The zero-order chi connectivity index (χ0) is 75.3. The summed E-state index contributed by atoms with van der Waals surface area (Å²) in [4.78, 5) is 48.9. The van der Waals surface area contributed by atoms with Crippen LogP contribution in [0.4, 0.5) is 68.2 Å². The third-order valence-electron chi connectivity index (χ3n) is 22.1. The first-order valence-corrected chi connectivity index (χ1v) is 38.2. The second kappa shape index (κ2) is 27.2. The van der Waals surface area contributed by atoms with Gasteiger partial charge in [-0.05, 0) is 179 Å². The molecule has 0 aliphatic rings. The Kier molecular flexibility index (Phi) is 17.8. The van der Waals surface area contributed by atoms with Crippen LogP contribution in [0.3, 0.4) is 0 Å². The topological polar surface area (TPSA) is 116 Å². The van der Waals surface area contributed by atoms with Crippen molar-refractivity contribution in [3.05, 3.63) is 277 Å². The molecule has 4 heterocycles. The van der Waals surface area contributed by atoms with Gasteiger partial charge in [-0.3, -0.25) is 0 Å². The lowest BCUT2D eigenvalue weighted by atomic mass is 9.86. The molecule has 12 aromatic carbocycles. The van der Waals surface area contributed by atoms with Crippen molar-refractivity contribution < 1.29 is 0 Å². The summed E-state index contributed by atoms with van der Waals surface area (Å²) in [6.45, 7) is 36.5. The van der Waals surface area contributed by atoms with E-state index in [-0.39, 0.29) is 21.7 Å². The number of hydrogen-bond donors (Lipinski definition) is 0. The van der Waals surface area contributed by atoms with Gasteiger partial charge in [-0.25, -0.2) is 39.9 Å². The van der Waals surface area contributed by atoms with Crippen LogP contribution in [0.1, 0.15) is 155 Å². The molecule has 0 N–H and O–H groups in total. The normalized spacial score (nSPS) is 12.4. The van der Waals surface area contributed by atoms with E-state index in [9.17, 15) is 0 Å². The van der Waals surface area contributed by atoms with Gasteiger partial charge in [0.25, 0.3) is 0 Å². The highest BCUT2D eigenvalue weighted by atomic mass is 15.2. The fourth-order valence-electron chi connectivity index (χ4n) is 16.4. The molecule has 538 valence electrons. The zero-order valence-electron chi connectivity index (χ0n) is 65.1. The lowest BCUT2D eigenvalue weighted by Gasteiger charge is -2.36. The van der Waals surface area contributed by atoms with Crippen molar-refractivity contribution in [2.24, 2.45) is 0 Å². The molecule has 0 aliphatic carbocycles. The maximum atomic E-state index is 5.11. The predicted molar refractivity (Wildman–Crippen MR) is 454 cm³/mol. The van der Waals surface area contributed by atoms with E-state index in [2.05, 4.69) is 332 Å². The molecule has 0 spiro atoms. The van der Waals surface area contributed by atoms with E-state index in [0.717, 1.165) is 166 Å². The average Bonchev–Trinajstić information content (AvgIpc) is 0.695. The fraction of sp³-hybridized carbons (Fsp3) is 0.250. The van der Waals surface area contributed by atoms with Crippen molar-refractivity contribution in [3.63, 3.8) is 0 Å². The van der Waals surface area contributed by atoms with Crippen LogP contribution >= 0.6 is 0 Å². The molecular formula is C96H94N12. The zero-order valence-corrected chi connectivity index (χ0v) is 65.1. The van der Waals surface area contributed by atoms with Gasteiger partial charge in [0, 0.05) is 124 Å². The quantitative estimate of drug-likeness (QED) is 0.0858. The van der Waals surface area contributed by atoms with Gasteiger partial charge in [-0.15, -0.1) is 0 Å². The Morgan fingerprint density at radius 3 is 0.630 bits per heavy atom. The molecule has 0 saturated carbocycles. The Bertz CT molecular complexity index is 5360. The molecule has 4 aromatic heterocycles. The van der Waals surface area contributed by atoms with Crippen LogP contribution in [0.15, 0.2) is 232 Å². The molecule has 16 aromatic rings. The monoisotopic (exact) mass is 1410 g/mol. The van der Waals surface area contributed by atoms with Gasteiger partial charge in [0.2, 0.25) is 0 Å². The summed E-state index contributed by atoms with van der Waals surface area (Å²) in [6, 6.07) is 69.7. The van der Waals surface area contributed by atoms with Crippen molar-refractivity contribution >= 4 is 144 Å². The van der Waals surface area contributed by atoms with Gasteiger partial charge < -0.3 is 19.6 Å². The second-order valence-electron chi connectivity index (χ2n) is 32.9. The highest BCUT2D eigenvalue weighted by Gasteiger charge is 2.33. The summed E-state index contributed by atoms with van der Waals surface area (Å²) in [6.07, 6.45) is 17.3. The van der Waals surface area contributed by atoms with Gasteiger partial charge in [-0.1, -0.05) is 184 Å². The molecule has 0 fully saturated rings. The highest BCUT2D eigenvalue weighted by molar-refractivity contribution is 6.33. The van der Waals surface area contributed by atoms with Crippen LogP contribution in [0.25, 0.3) is 75.9 Å². The number of aryl methyl sites for hydroxylation is 4. The first-order valence-electron chi connectivity index (χ1n) is 38.2. The number of anilines is 12. The van der Waals surface area contributed by atoms with Gasteiger partial charge in [0.15, 0.2) is 0 Å². The second-order valence-corrected chi connectivity index (χ2v) is 32.9. The Labute approximate surface area is 634 Å². The molecule has 0 aliphatic heterocycles. The smallest absolute Gasteiger partial charge is 0.116 e. The SMILES string of the molecule is CCc1c(N(c2ccc(C(C)(C)C)cc2)c2cc(N(c3ccc(C(C)(C)C)cc3)c3ccc4cncnc4c3CC)c3ccc4c(N(c5ccc(C(C)(C)C)cc5)c5ccc6cncnc6c5CC)cc(N(c5ccc(C(C)(C)C)cc5)c5ccc6cncnc6c5CC)c5ccc2c3c54)ccc2cncnc12. The summed E-state index contributed by atoms with van der Waals surface area (Å²) in [5.74, 6) is 0. The maximum Gasteiger partial charge on any atom is 0.116 e. The van der Waals surface area contributed by atoms with E-state index >= 15 is 0 Å². The molecule has 12 nitrogen and oxygen atoms in total. The van der Waals surface area contributed by atoms with E-state index in [4.69, 9.17) is 19.9 Å². The van der Waals surface area contributed by atoms with E-state index < -0.39 is 0 Å². The Morgan fingerprint density at radius 1 is 0.241 bits per heavy atom. The van der Waals surface area contributed by atoms with Crippen LogP contribution in [0.2, 0.25) is 0 Å². The molecule has 16 rings (SSSR count). The van der Waals surface area contributed by atoms with Crippen molar-refractivity contribution in [2.75, 3.05) is 19.6 Å². The third kappa shape index (κ3) is 12.3. The first kappa shape index (κ1) is 70.5. The lowest BCUT2D eigenvalue weighted by molar-refractivity contribution is 0.590. The lowest BCUT2D eigenvalue weighted by Crippen LogP contribution is -2.18. The van der Waals surface area contributed by atoms with Gasteiger partial charge in [0.1, 0.15) is 25.3 Å². The van der Waals surface area contributed by atoms with Gasteiger partial charge in [0.05, 0.1) is 67.6 Å². The Morgan fingerprint density at radius 2 is 0.444 bits per heavy atom. The summed E-state index contributed by atoms with van der Waals surface area (Å²) >= 11 is 0. The van der Waals surface area contributed by atoms with E-state index in [1.54, 1.807) is 25.3 Å². The van der Waals surface area contributed by atoms with Crippen LogP contribution in [-0.4, -0.2) is 39.9 Å². The number of rotatable bonds is 16. The first-order chi connectivity index (χ1) is 51.9. The van der Waals surface area contributed by atoms with Crippen molar-refractivity contribution in [1.82, 2.24) is 39.9 Å². The molecule has 12 heteroatoms. The molecule has 0 radical (unpaired) electrons. The molecule has 108 heavy (non-hydrogen) atoms. The van der Waals surface area contributed by atoms with Crippen LogP contribution in [0, 0.1) is 0 Å². The number of fused-ring (bicyclic) bond motifs is 4. The third-order valence-corrected chi connectivity index (χ3v) is 22.1. The molecule has 0 atom stereocenters. The maximum absolute atomic E-state index is 5.11. The van der Waals surface area contributed by atoms with Crippen molar-refractivity contribution in [1.29, 1.82) is 0 Å². The van der Waals surface area contributed by atoms with Crippen LogP contribution in [0.5, 0.6) is 0 Å². The highest BCUT2D eigenvalue weighted by Crippen LogP contribution is 2.57. The summed E-state index contributed by atoms with van der Waals surface area (Å²) in [5.41, 5.74) is 24.8. The van der Waals surface area contributed by atoms with Crippen molar-refractivity contribution in [3.8, 4) is 0 Å². The minimum atomic E-state index is -0.111. The van der Waals surface area contributed by atoms with E-state index in [1.807, 2.05) is 24.8 Å². The Balaban J connectivity index is 1.14. The molecule has 0 bridgehead atoms. The van der Waals surface area contributed by atoms with Crippen LogP contribution < -0.4 is 19.6 Å². The predicted octanol–water partition coefficient (Wildman–Crippen LogP) is 25.7. The summed E-state index contributed by atoms with van der Waals surface area (Å²) in [5, 5.41) is 10.4. The molecular weight excluding hydrogens is 1320 g/mol. The van der Waals surface area contributed by atoms with E-state index in [1.165, 1.54) is 22.3 Å². The number of nitrogens with zero attached hydrogens (tertiary/aromatic N) is 12. The fourth-order valence-corrected chi connectivity index (χ4v) is 16.4. The molecule has 0 saturated heterocycles. The Hall–Kier alpha value is -11.8. The number of benzene rings is 12. The molecule has 0 amide bonds. The number of aromatic nitrogens is 8. The molecule has 0 unspecified atom stereocenters. The largest absolute Gasteiger partial charge is 0.309 e. The van der Waals surface area contributed by atoms with E-state index in [0.29, 0.717) is 25.7 Å². The van der Waals surface area contributed by atoms with Gasteiger partial charge >= 0.3 is 0 Å². The van der Waals surface area contributed by atoms with Crippen molar-refractivity contribution in [2.45, 2.75) is 158 Å². The minimum absolute atomic E-state index is 0.111. The number of hydrogen-bond acceptors (Lipinski definition) is 12. The minimum Gasteiger partial charge on any atom is -0.309 e. The van der Waals surface area contributed by atoms with Crippen LogP contribution in [-0.2, 0) is 47.3 Å². The summed E-state index contributed by atoms with van der Waals surface area (Å²) < 4.78 is 0. The van der Waals surface area contributed by atoms with Gasteiger partial charge in [-0.2, -0.15) is 0 Å².